The van der Waals surface area contributed by atoms with E-state index >= 15 is 0 Å². The highest BCUT2D eigenvalue weighted by atomic mass is 35.5. The van der Waals surface area contributed by atoms with E-state index in [0.29, 0.717) is 10.8 Å². The second kappa shape index (κ2) is 5.15. The highest BCUT2D eigenvalue weighted by molar-refractivity contribution is 6.33. The predicted molar refractivity (Wildman–Crippen MR) is 91.0 cm³/mol. The Labute approximate surface area is 133 Å². The van der Waals surface area contributed by atoms with Gasteiger partial charge in [0.25, 0.3) is 0 Å². The minimum atomic E-state index is 0.420. The van der Waals surface area contributed by atoms with Gasteiger partial charge in [-0.05, 0) is 47.4 Å². The molecule has 0 atom stereocenters. The number of rotatable bonds is 2. The molecule has 0 unspecified atom stereocenters. The van der Waals surface area contributed by atoms with Gasteiger partial charge in [-0.2, -0.15) is 0 Å². The van der Waals surface area contributed by atoms with Gasteiger partial charge in [0, 0.05) is 17.3 Å². The number of aliphatic hydroxyl groups is 1. The topological polar surface area (TPSA) is 33.1 Å². The van der Waals surface area contributed by atoms with Crippen LogP contribution in [0.5, 0.6) is 0 Å². The van der Waals surface area contributed by atoms with E-state index in [4.69, 9.17) is 11.6 Å². The molecular weight excluding hydrogens is 294 g/mol. The van der Waals surface area contributed by atoms with Gasteiger partial charge in [-0.25, -0.2) is 0 Å². The maximum atomic E-state index is 10.3. The number of aliphatic hydroxyl groups excluding tert-OH is 1. The molecule has 1 fully saturated rings. The van der Waals surface area contributed by atoms with Crippen LogP contribution in [0.1, 0.15) is 18.4 Å². The van der Waals surface area contributed by atoms with Crippen molar-refractivity contribution in [2.45, 2.75) is 12.8 Å². The predicted octanol–water partition coefficient (Wildman–Crippen LogP) is 5.62. The number of hydrogen-bond donors (Lipinski definition) is 1. The first kappa shape index (κ1) is 13.4. The number of fused-ring (bicyclic) bond motifs is 1. The number of pyridine rings is 1. The van der Waals surface area contributed by atoms with E-state index in [1.807, 2.05) is 42.5 Å². The van der Waals surface area contributed by atoms with E-state index in [0.717, 1.165) is 46.0 Å². The second-order valence-electron chi connectivity index (χ2n) is 5.53. The summed E-state index contributed by atoms with van der Waals surface area (Å²) in [5.41, 5.74) is 3.75. The molecule has 2 nitrogen and oxygen atoms in total. The van der Waals surface area contributed by atoms with Crippen molar-refractivity contribution in [3.63, 3.8) is 0 Å². The van der Waals surface area contributed by atoms with Gasteiger partial charge in [-0.1, -0.05) is 41.9 Å². The fraction of sp³-hybridized carbons (Fsp3) is 0.105. The van der Waals surface area contributed by atoms with Gasteiger partial charge in [0.05, 0.1) is 10.7 Å². The molecule has 1 saturated carbocycles. The van der Waals surface area contributed by atoms with Crippen LogP contribution in [0.25, 0.3) is 27.8 Å². The molecule has 1 aliphatic carbocycles. The van der Waals surface area contributed by atoms with Crippen molar-refractivity contribution in [2.24, 2.45) is 0 Å². The summed E-state index contributed by atoms with van der Waals surface area (Å²) in [7, 11) is 0. The summed E-state index contributed by atoms with van der Waals surface area (Å²) in [6.07, 6.45) is 3.74. The molecule has 0 spiro atoms. The average molecular weight is 308 g/mol. The zero-order valence-electron chi connectivity index (χ0n) is 11.9. The molecule has 0 bridgehead atoms. The first-order valence-electron chi connectivity index (χ1n) is 7.29. The highest BCUT2D eigenvalue weighted by Crippen LogP contribution is 2.37. The Balaban J connectivity index is 1.97. The van der Waals surface area contributed by atoms with Gasteiger partial charge < -0.3 is 5.11 Å². The van der Waals surface area contributed by atoms with Gasteiger partial charge in [0.2, 0.25) is 0 Å². The van der Waals surface area contributed by atoms with E-state index in [1.54, 1.807) is 6.20 Å². The van der Waals surface area contributed by atoms with Crippen molar-refractivity contribution < 1.29 is 5.11 Å². The normalized spacial score (nSPS) is 13.4. The largest absolute Gasteiger partial charge is 0.507 e. The summed E-state index contributed by atoms with van der Waals surface area (Å²) in [5.74, 6) is 0.420. The van der Waals surface area contributed by atoms with Crippen LogP contribution in [0, 0.1) is 0 Å². The molecule has 0 radical (unpaired) electrons. The minimum Gasteiger partial charge on any atom is -0.507 e. The van der Waals surface area contributed by atoms with Gasteiger partial charge in [0.15, 0.2) is 0 Å². The monoisotopic (exact) mass is 307 g/mol. The molecule has 0 amide bonds. The summed E-state index contributed by atoms with van der Waals surface area (Å²) in [6.45, 7) is 0. The fourth-order valence-corrected chi connectivity index (χ4v) is 2.94. The smallest absolute Gasteiger partial charge is 0.122 e. The number of allylic oxidation sites excluding steroid dienone is 1. The van der Waals surface area contributed by atoms with Crippen molar-refractivity contribution in [2.75, 3.05) is 0 Å². The quantitative estimate of drug-likeness (QED) is 0.623. The highest BCUT2D eigenvalue weighted by Gasteiger charge is 2.19. The second-order valence-corrected chi connectivity index (χ2v) is 5.93. The van der Waals surface area contributed by atoms with Crippen molar-refractivity contribution in [1.29, 1.82) is 0 Å². The van der Waals surface area contributed by atoms with Crippen LogP contribution >= 0.6 is 11.6 Å². The van der Waals surface area contributed by atoms with Gasteiger partial charge in [0.1, 0.15) is 5.76 Å². The maximum Gasteiger partial charge on any atom is 0.122 e. The third-order valence-corrected chi connectivity index (χ3v) is 4.31. The summed E-state index contributed by atoms with van der Waals surface area (Å²) in [5, 5.41) is 13.1. The number of aromatic nitrogens is 1. The Bertz CT molecular complexity index is 908. The SMILES string of the molecule is OC(=C1CC1)c1ccc2cccc(-c3ncccc3Cl)c2c1. The van der Waals surface area contributed by atoms with Crippen LogP contribution < -0.4 is 0 Å². The Morgan fingerprint density at radius 3 is 2.68 bits per heavy atom. The molecule has 3 heteroatoms. The lowest BCUT2D eigenvalue weighted by atomic mass is 9.98. The zero-order chi connectivity index (χ0) is 15.1. The Morgan fingerprint density at radius 2 is 1.91 bits per heavy atom. The Hall–Kier alpha value is -2.32. The Kier molecular flexibility index (Phi) is 3.12. The zero-order valence-corrected chi connectivity index (χ0v) is 12.6. The average Bonchev–Trinajstić information content (AvgIpc) is 3.39. The molecule has 22 heavy (non-hydrogen) atoms. The van der Waals surface area contributed by atoms with Crippen molar-refractivity contribution in [1.82, 2.24) is 4.98 Å². The Morgan fingerprint density at radius 1 is 1.05 bits per heavy atom. The molecule has 1 N–H and O–H groups in total. The molecule has 0 saturated heterocycles. The van der Waals surface area contributed by atoms with Crippen LogP contribution in [0.4, 0.5) is 0 Å². The van der Waals surface area contributed by atoms with Gasteiger partial charge in [-0.3, -0.25) is 4.98 Å². The fourth-order valence-electron chi connectivity index (χ4n) is 2.71. The summed E-state index contributed by atoms with van der Waals surface area (Å²) >= 11 is 6.30. The lowest BCUT2D eigenvalue weighted by Crippen LogP contribution is -1.89. The lowest BCUT2D eigenvalue weighted by molar-refractivity contribution is 0.510. The molecule has 0 aliphatic heterocycles. The number of benzene rings is 2. The summed E-state index contributed by atoms with van der Waals surface area (Å²) < 4.78 is 0. The van der Waals surface area contributed by atoms with Crippen LogP contribution in [0.2, 0.25) is 5.02 Å². The number of halogens is 1. The van der Waals surface area contributed by atoms with Crippen molar-refractivity contribution >= 4 is 28.1 Å². The summed E-state index contributed by atoms with van der Waals surface area (Å²) in [4.78, 5) is 4.41. The van der Waals surface area contributed by atoms with Crippen LogP contribution in [-0.4, -0.2) is 10.1 Å². The first-order valence-corrected chi connectivity index (χ1v) is 7.67. The van der Waals surface area contributed by atoms with Crippen LogP contribution in [-0.2, 0) is 0 Å². The van der Waals surface area contributed by atoms with E-state index in [2.05, 4.69) is 11.1 Å². The van der Waals surface area contributed by atoms with Gasteiger partial charge >= 0.3 is 0 Å². The molecule has 2 aromatic carbocycles. The molecule has 1 heterocycles. The lowest BCUT2D eigenvalue weighted by Gasteiger charge is -2.09. The van der Waals surface area contributed by atoms with E-state index < -0.39 is 0 Å². The third-order valence-electron chi connectivity index (χ3n) is 4.00. The molecule has 4 rings (SSSR count). The molecule has 108 valence electrons. The molecular formula is C19H14ClNO. The molecule has 3 aromatic rings. The van der Waals surface area contributed by atoms with E-state index in [1.165, 1.54) is 0 Å². The molecule has 1 aliphatic rings. The van der Waals surface area contributed by atoms with Crippen molar-refractivity contribution in [3.05, 3.63) is 70.9 Å². The molecule has 1 aromatic heterocycles. The van der Waals surface area contributed by atoms with Crippen LogP contribution in [0.3, 0.4) is 0 Å². The first-order chi connectivity index (χ1) is 10.7. The van der Waals surface area contributed by atoms with Gasteiger partial charge in [-0.15, -0.1) is 0 Å². The van der Waals surface area contributed by atoms with E-state index in [9.17, 15) is 5.11 Å². The standard InChI is InChI=1S/C19H14ClNO/c20-17-5-2-10-21-18(17)15-4-1-3-12-6-9-14(11-16(12)15)19(22)13-7-8-13/h1-6,9-11,22H,7-8H2. The summed E-state index contributed by atoms with van der Waals surface area (Å²) in [6, 6.07) is 15.8. The minimum absolute atomic E-state index is 0.420. The third kappa shape index (κ3) is 2.26. The van der Waals surface area contributed by atoms with E-state index in [-0.39, 0.29) is 0 Å². The number of hydrogen-bond acceptors (Lipinski definition) is 2. The van der Waals surface area contributed by atoms with Crippen molar-refractivity contribution in [3.8, 4) is 11.3 Å². The number of nitrogens with zero attached hydrogens (tertiary/aromatic N) is 1. The van der Waals surface area contributed by atoms with Crippen LogP contribution in [0.15, 0.2) is 60.3 Å². The maximum absolute atomic E-state index is 10.3.